The van der Waals surface area contributed by atoms with Crippen molar-refractivity contribution in [3.63, 3.8) is 0 Å². The summed E-state index contributed by atoms with van der Waals surface area (Å²) in [4.78, 5) is 0. The van der Waals surface area contributed by atoms with Crippen LogP contribution in [0.4, 0.5) is 0 Å². The predicted octanol–water partition coefficient (Wildman–Crippen LogP) is 8.64. The van der Waals surface area contributed by atoms with Gasteiger partial charge in [0.05, 0.1) is 13.2 Å². The van der Waals surface area contributed by atoms with Gasteiger partial charge in [0, 0.05) is 27.8 Å². The summed E-state index contributed by atoms with van der Waals surface area (Å²) >= 11 is 0. The quantitative estimate of drug-likeness (QED) is 0.220. The number of pyridine rings is 1. The second-order valence-corrected chi connectivity index (χ2v) is 12.8. The van der Waals surface area contributed by atoms with Crippen molar-refractivity contribution in [2.45, 2.75) is 72.1 Å². The Bertz CT molecular complexity index is 1720. The number of para-hydroxylation sites is 1. The van der Waals surface area contributed by atoms with E-state index in [1.807, 2.05) is 0 Å². The molecule has 2 aromatic heterocycles. The van der Waals surface area contributed by atoms with Crippen LogP contribution in [0, 0.1) is 6.92 Å². The predicted molar refractivity (Wildman–Crippen MR) is 157 cm³/mol. The van der Waals surface area contributed by atoms with Gasteiger partial charge in [0.25, 0.3) is 5.82 Å². The Morgan fingerprint density at radius 2 is 1.59 bits per heavy atom. The van der Waals surface area contributed by atoms with Gasteiger partial charge in [-0.3, -0.25) is 0 Å². The molecule has 0 saturated carbocycles. The molecular formula is C35H39N2+. The van der Waals surface area contributed by atoms with E-state index in [0.29, 0.717) is 5.92 Å². The number of aromatic nitrogens is 2. The molecule has 188 valence electrons. The minimum Gasteiger partial charge on any atom is -0.237 e. The van der Waals surface area contributed by atoms with Crippen molar-refractivity contribution in [1.29, 1.82) is 0 Å². The molecule has 3 aromatic carbocycles. The fourth-order valence-corrected chi connectivity index (χ4v) is 6.93. The van der Waals surface area contributed by atoms with Gasteiger partial charge in [-0.15, -0.1) is 0 Å². The maximum atomic E-state index is 2.54. The normalized spacial score (nSPS) is 14.5. The fraction of sp³-hybridized carbons (Fsp3) is 0.343. The zero-order valence-electron chi connectivity index (χ0n) is 23.8. The monoisotopic (exact) mass is 487 g/mol. The summed E-state index contributed by atoms with van der Waals surface area (Å²) in [5.41, 5.74) is 12.7. The van der Waals surface area contributed by atoms with E-state index < -0.39 is 0 Å². The Balaban J connectivity index is 1.89. The smallest absolute Gasteiger partial charge is 0.237 e. The number of nitrogens with zero attached hydrogens (tertiary/aromatic N) is 2. The Morgan fingerprint density at radius 1 is 0.919 bits per heavy atom. The molecule has 5 aromatic rings. The summed E-state index contributed by atoms with van der Waals surface area (Å²) in [6.45, 7) is 18.8. The van der Waals surface area contributed by atoms with E-state index in [4.69, 9.17) is 0 Å². The van der Waals surface area contributed by atoms with Crippen molar-refractivity contribution in [1.82, 2.24) is 4.57 Å². The van der Waals surface area contributed by atoms with Crippen LogP contribution in [0.15, 0.2) is 66.9 Å². The number of rotatable bonds is 2. The minimum atomic E-state index is -0.0372. The van der Waals surface area contributed by atoms with Gasteiger partial charge in [-0.05, 0) is 69.8 Å². The maximum Gasteiger partial charge on any atom is 0.286 e. The van der Waals surface area contributed by atoms with Gasteiger partial charge < -0.3 is 0 Å². The van der Waals surface area contributed by atoms with E-state index in [-0.39, 0.29) is 10.8 Å². The van der Waals surface area contributed by atoms with E-state index in [1.165, 1.54) is 66.6 Å². The minimum absolute atomic E-state index is 0.0372. The Kier molecular flexibility index (Phi) is 5.06. The molecule has 0 aliphatic heterocycles. The fourth-order valence-electron chi connectivity index (χ4n) is 6.93. The summed E-state index contributed by atoms with van der Waals surface area (Å²) in [5.74, 6) is 1.63. The van der Waals surface area contributed by atoms with Crippen LogP contribution in [0.2, 0.25) is 0 Å². The number of hydrogen-bond donors (Lipinski definition) is 0. The topological polar surface area (TPSA) is 8.81 Å². The molecule has 2 heteroatoms. The van der Waals surface area contributed by atoms with Crippen molar-refractivity contribution < 1.29 is 4.57 Å². The van der Waals surface area contributed by atoms with Gasteiger partial charge in [0.1, 0.15) is 11.0 Å². The molecule has 2 nitrogen and oxygen atoms in total. The molecule has 0 amide bonds. The summed E-state index contributed by atoms with van der Waals surface area (Å²) in [7, 11) is 2.17. The molecule has 0 fully saturated rings. The van der Waals surface area contributed by atoms with E-state index >= 15 is 0 Å². The van der Waals surface area contributed by atoms with E-state index in [0.717, 1.165) is 0 Å². The Hall–Kier alpha value is -3.39. The Labute approximate surface area is 221 Å². The lowest BCUT2D eigenvalue weighted by atomic mass is 9.76. The van der Waals surface area contributed by atoms with Crippen molar-refractivity contribution in [2.24, 2.45) is 7.05 Å². The van der Waals surface area contributed by atoms with Crippen LogP contribution in [0.1, 0.15) is 82.2 Å². The average molecular weight is 488 g/mol. The first-order chi connectivity index (χ1) is 17.4. The molecule has 0 atom stereocenters. The number of fused-ring (bicyclic) bond motifs is 7. The van der Waals surface area contributed by atoms with Crippen molar-refractivity contribution in [3.8, 4) is 16.9 Å². The molecule has 1 aliphatic rings. The Morgan fingerprint density at radius 3 is 2.30 bits per heavy atom. The zero-order chi connectivity index (χ0) is 26.4. The second-order valence-electron chi connectivity index (χ2n) is 12.8. The molecule has 37 heavy (non-hydrogen) atoms. The van der Waals surface area contributed by atoms with E-state index in [9.17, 15) is 0 Å². The molecule has 1 aliphatic carbocycles. The third-order valence-corrected chi connectivity index (χ3v) is 8.69. The van der Waals surface area contributed by atoms with Crippen LogP contribution >= 0.6 is 0 Å². The number of hydrogen-bond acceptors (Lipinski definition) is 0. The molecule has 0 N–H and O–H groups in total. The van der Waals surface area contributed by atoms with Gasteiger partial charge in [-0.25, -0.2) is 4.57 Å². The molecule has 0 saturated heterocycles. The van der Waals surface area contributed by atoms with E-state index in [1.54, 1.807) is 0 Å². The van der Waals surface area contributed by atoms with E-state index in [2.05, 4.69) is 138 Å². The van der Waals surface area contributed by atoms with Crippen LogP contribution < -0.4 is 4.57 Å². The van der Waals surface area contributed by atoms with Gasteiger partial charge in [-0.2, -0.15) is 4.57 Å². The molecule has 0 unspecified atom stereocenters. The highest BCUT2D eigenvalue weighted by Crippen LogP contribution is 2.56. The SMILES string of the molecule is Cc1c(C(C)C)c2c(c3c4ccccc4n(-c4cc(C(C)(C)C)cc[n+]4C)c13)-c1ccccc1C2(C)C. The first-order valence-corrected chi connectivity index (χ1v) is 13.6. The van der Waals surface area contributed by atoms with Gasteiger partial charge in [0.2, 0.25) is 0 Å². The van der Waals surface area contributed by atoms with Crippen LogP contribution in [0.3, 0.4) is 0 Å². The van der Waals surface area contributed by atoms with Gasteiger partial charge in [-0.1, -0.05) is 84.9 Å². The highest BCUT2D eigenvalue weighted by atomic mass is 15.1. The van der Waals surface area contributed by atoms with Crippen LogP contribution in [0.25, 0.3) is 38.8 Å². The molecular weight excluding hydrogens is 448 g/mol. The molecule has 2 heterocycles. The molecule has 0 radical (unpaired) electrons. The first-order valence-electron chi connectivity index (χ1n) is 13.6. The van der Waals surface area contributed by atoms with Crippen LogP contribution in [-0.2, 0) is 17.9 Å². The van der Waals surface area contributed by atoms with Crippen LogP contribution in [-0.4, -0.2) is 4.57 Å². The molecule has 0 bridgehead atoms. The molecule has 6 rings (SSSR count). The highest BCUT2D eigenvalue weighted by molar-refractivity contribution is 6.19. The third kappa shape index (κ3) is 3.21. The van der Waals surface area contributed by atoms with Crippen molar-refractivity contribution in [3.05, 3.63) is 94.7 Å². The van der Waals surface area contributed by atoms with Gasteiger partial charge in [0.15, 0.2) is 0 Å². The summed E-state index contributed by atoms with van der Waals surface area (Å²) in [6.07, 6.45) is 2.22. The standard InChI is InChI=1S/C35H39N2/c1-21(2)29-22(3)33-31(30-24-14-10-12-16-26(24)35(7,8)32(29)30)25-15-11-13-17-27(25)37(33)28-20-23(34(4,5)6)18-19-36(28)9/h10-21H,1-9H3/q+1. The lowest BCUT2D eigenvalue weighted by Gasteiger charge is -2.27. The first kappa shape index (κ1) is 24.0. The third-order valence-electron chi connectivity index (χ3n) is 8.69. The summed E-state index contributed by atoms with van der Waals surface area (Å²) in [6, 6.07) is 22.7. The summed E-state index contributed by atoms with van der Waals surface area (Å²) in [5, 5.41) is 2.73. The summed E-state index contributed by atoms with van der Waals surface area (Å²) < 4.78 is 4.82. The largest absolute Gasteiger partial charge is 0.286 e. The second kappa shape index (κ2) is 7.81. The van der Waals surface area contributed by atoms with Gasteiger partial charge >= 0.3 is 0 Å². The lowest BCUT2D eigenvalue weighted by Crippen LogP contribution is -2.34. The maximum absolute atomic E-state index is 2.54. The molecule has 0 spiro atoms. The number of benzene rings is 3. The number of aryl methyl sites for hydroxylation is 2. The lowest BCUT2D eigenvalue weighted by molar-refractivity contribution is -0.665. The van der Waals surface area contributed by atoms with Crippen molar-refractivity contribution >= 4 is 21.8 Å². The average Bonchev–Trinajstić information content (AvgIpc) is 3.29. The van der Waals surface area contributed by atoms with Crippen molar-refractivity contribution in [2.75, 3.05) is 0 Å². The highest BCUT2D eigenvalue weighted by Gasteiger charge is 2.42. The zero-order valence-corrected chi connectivity index (χ0v) is 23.8. The van der Waals surface area contributed by atoms with Crippen LogP contribution in [0.5, 0.6) is 0 Å².